The number of hydrogen-bond acceptors (Lipinski definition) is 12. The molecule has 282 valence electrons. The molecule has 9 rings (SSSR count). The van der Waals surface area contributed by atoms with Crippen LogP contribution in [0.25, 0.3) is 0 Å². The molecule has 2 aromatic carbocycles. The molecule has 2 fully saturated rings. The van der Waals surface area contributed by atoms with Crippen LogP contribution in [-0.4, -0.2) is 90.6 Å². The van der Waals surface area contributed by atoms with Gasteiger partial charge in [-0.15, -0.1) is 0 Å². The molecule has 12 nitrogen and oxygen atoms in total. The highest BCUT2D eigenvalue weighted by Gasteiger charge is 2.30. The molecule has 0 N–H and O–H groups in total. The van der Waals surface area contributed by atoms with Crippen molar-refractivity contribution in [2.75, 3.05) is 85.3 Å². The van der Waals surface area contributed by atoms with Crippen molar-refractivity contribution in [2.24, 2.45) is 0 Å². The summed E-state index contributed by atoms with van der Waals surface area (Å²) in [5, 5.41) is 0.574. The lowest BCUT2D eigenvalue weighted by molar-refractivity contribution is 0.122. The fourth-order valence-electron chi connectivity index (χ4n) is 6.73. The summed E-state index contributed by atoms with van der Waals surface area (Å²) in [6, 6.07) is 20.7. The summed E-state index contributed by atoms with van der Waals surface area (Å²) in [5.74, 6) is 3.34. The zero-order valence-corrected chi connectivity index (χ0v) is 31.5. The Balaban J connectivity index is 0.000000166. The van der Waals surface area contributed by atoms with E-state index in [1.54, 1.807) is 18.5 Å². The van der Waals surface area contributed by atoms with Crippen LogP contribution in [0.2, 0.25) is 5.15 Å². The van der Waals surface area contributed by atoms with Crippen LogP contribution < -0.4 is 24.3 Å². The number of aromatic nitrogens is 5. The van der Waals surface area contributed by atoms with Crippen LogP contribution in [0.4, 0.5) is 39.3 Å². The van der Waals surface area contributed by atoms with Gasteiger partial charge >= 0.3 is 0 Å². The lowest BCUT2D eigenvalue weighted by Crippen LogP contribution is -2.37. The Bertz CT molecular complexity index is 1980. The number of nitrogens with zero attached hydrogens (tertiary/aromatic N) is 9. The predicted octanol–water partition coefficient (Wildman–Crippen LogP) is 6.81. The van der Waals surface area contributed by atoms with Crippen LogP contribution in [0.1, 0.15) is 30.5 Å². The minimum atomic E-state index is -0.267. The molecular formula is C40H45ClFN9O3. The van der Waals surface area contributed by atoms with Gasteiger partial charge in [0.15, 0.2) is 0 Å². The summed E-state index contributed by atoms with van der Waals surface area (Å²) in [6.45, 7) is 11.7. The monoisotopic (exact) mass is 753 g/mol. The van der Waals surface area contributed by atoms with Gasteiger partial charge in [0.25, 0.3) is 0 Å². The standard InChI is InChI=1S/C22H22FN5O2.C16H17ClN4O.C2H6/c23-17-4-1-5-18(13-17)28-8-6-19-20(28)25-22(27-9-11-29-12-10-27)26-21(19)30-15-16-3-2-7-24-14-16;17-14-13-6-7-21(12-4-2-1-3-5-12)15(13)19-16(18-14)20-8-10-22-11-9-20;1-2/h1-5,7,13-14H,6,8-12,15H2;1-5H,6-11H2;1-2H3. The van der Waals surface area contributed by atoms with Crippen molar-refractivity contribution in [1.82, 2.24) is 24.9 Å². The van der Waals surface area contributed by atoms with E-state index in [1.807, 2.05) is 55.1 Å². The third-order valence-corrected chi connectivity index (χ3v) is 9.73. The molecule has 14 heteroatoms. The maximum absolute atomic E-state index is 13.8. The average Bonchev–Trinajstić information content (AvgIpc) is 3.88. The minimum Gasteiger partial charge on any atom is -0.472 e. The first kappa shape index (κ1) is 37.2. The number of benzene rings is 2. The Morgan fingerprint density at radius 1 is 0.685 bits per heavy atom. The fraction of sp³-hybridized carbons (Fsp3) is 0.375. The molecule has 4 aliphatic heterocycles. The number of rotatable bonds is 7. The fourth-order valence-corrected chi connectivity index (χ4v) is 6.99. The van der Waals surface area contributed by atoms with E-state index < -0.39 is 0 Å². The molecule has 3 aromatic heterocycles. The number of morpholine rings is 2. The highest BCUT2D eigenvalue weighted by atomic mass is 35.5. The van der Waals surface area contributed by atoms with Crippen molar-refractivity contribution >= 4 is 46.5 Å². The Labute approximate surface area is 320 Å². The molecule has 0 aliphatic carbocycles. The lowest BCUT2D eigenvalue weighted by Gasteiger charge is -2.28. The Hall–Kier alpha value is -5.11. The van der Waals surface area contributed by atoms with Crippen LogP contribution in [0.3, 0.4) is 0 Å². The topological polar surface area (TPSA) is 105 Å². The van der Waals surface area contributed by atoms with Crippen molar-refractivity contribution in [3.05, 3.63) is 107 Å². The second kappa shape index (κ2) is 17.8. The van der Waals surface area contributed by atoms with Gasteiger partial charge in [-0.05, 0) is 49.2 Å². The summed E-state index contributed by atoms with van der Waals surface area (Å²) in [7, 11) is 0. The molecule has 4 aliphatic rings. The van der Waals surface area contributed by atoms with E-state index in [-0.39, 0.29) is 5.82 Å². The molecule has 0 bridgehead atoms. The van der Waals surface area contributed by atoms with Crippen LogP contribution in [0.5, 0.6) is 5.88 Å². The number of ether oxygens (including phenoxy) is 3. The molecule has 0 radical (unpaired) electrons. The van der Waals surface area contributed by atoms with Crippen LogP contribution in [0.15, 0.2) is 79.1 Å². The SMILES string of the molecule is CC.Clc1nc(N2CCOCC2)nc2c1CCN2c1ccccc1.Fc1cccc(N2CCc3c(OCc4cccnc4)nc(N4CCOCC4)nc32)c1. The summed E-state index contributed by atoms with van der Waals surface area (Å²) in [6.07, 6.45) is 5.13. The summed E-state index contributed by atoms with van der Waals surface area (Å²) < 4.78 is 30.8. The lowest BCUT2D eigenvalue weighted by atomic mass is 10.2. The van der Waals surface area contributed by atoms with Gasteiger partial charge in [0.05, 0.1) is 32.0 Å². The molecule has 5 aromatic rings. The molecule has 0 saturated carbocycles. The van der Waals surface area contributed by atoms with Crippen molar-refractivity contribution in [3.8, 4) is 5.88 Å². The number of anilines is 6. The number of hydrogen-bond donors (Lipinski definition) is 0. The van der Waals surface area contributed by atoms with Crippen molar-refractivity contribution in [2.45, 2.75) is 33.3 Å². The van der Waals surface area contributed by atoms with Crippen LogP contribution >= 0.6 is 11.6 Å². The average molecular weight is 754 g/mol. The van der Waals surface area contributed by atoms with Gasteiger partial charge in [0.2, 0.25) is 17.8 Å². The van der Waals surface area contributed by atoms with E-state index in [2.05, 4.69) is 36.8 Å². The quantitative estimate of drug-likeness (QED) is 0.163. The summed E-state index contributed by atoms with van der Waals surface area (Å²) in [4.78, 5) is 31.5. The summed E-state index contributed by atoms with van der Waals surface area (Å²) in [5.41, 5.74) is 4.88. The van der Waals surface area contributed by atoms with Crippen molar-refractivity contribution < 1.29 is 18.6 Å². The zero-order valence-electron chi connectivity index (χ0n) is 30.7. The van der Waals surface area contributed by atoms with E-state index in [0.717, 1.165) is 85.3 Å². The maximum Gasteiger partial charge on any atom is 0.230 e. The van der Waals surface area contributed by atoms with E-state index >= 15 is 0 Å². The molecule has 2 saturated heterocycles. The van der Waals surface area contributed by atoms with E-state index in [4.69, 9.17) is 40.8 Å². The molecule has 54 heavy (non-hydrogen) atoms. The first-order valence-corrected chi connectivity index (χ1v) is 19.0. The maximum atomic E-state index is 13.8. The van der Waals surface area contributed by atoms with Gasteiger partial charge in [0.1, 0.15) is 29.2 Å². The number of pyridine rings is 1. The normalized spacial score (nSPS) is 16.1. The molecule has 0 unspecified atom stereocenters. The van der Waals surface area contributed by atoms with Crippen LogP contribution in [-0.2, 0) is 28.9 Å². The van der Waals surface area contributed by atoms with Gasteiger partial charge < -0.3 is 33.8 Å². The van der Waals surface area contributed by atoms with E-state index in [1.165, 1.54) is 12.1 Å². The number of fused-ring (bicyclic) bond motifs is 2. The Kier molecular flexibility index (Phi) is 12.3. The molecule has 7 heterocycles. The third kappa shape index (κ3) is 8.48. The second-order valence-electron chi connectivity index (χ2n) is 12.7. The molecular weight excluding hydrogens is 709 g/mol. The summed E-state index contributed by atoms with van der Waals surface area (Å²) >= 11 is 6.41. The first-order valence-electron chi connectivity index (χ1n) is 18.6. The number of para-hydroxylation sites is 1. The van der Waals surface area contributed by atoms with Gasteiger partial charge in [0, 0.05) is 74.2 Å². The predicted molar refractivity (Wildman–Crippen MR) is 209 cm³/mol. The highest BCUT2D eigenvalue weighted by molar-refractivity contribution is 6.30. The van der Waals surface area contributed by atoms with Crippen molar-refractivity contribution in [1.29, 1.82) is 0 Å². The highest BCUT2D eigenvalue weighted by Crippen LogP contribution is 2.40. The zero-order chi connectivity index (χ0) is 37.3. The largest absolute Gasteiger partial charge is 0.472 e. The van der Waals surface area contributed by atoms with Gasteiger partial charge in [-0.3, -0.25) is 4.98 Å². The van der Waals surface area contributed by atoms with E-state index in [9.17, 15) is 4.39 Å². The van der Waals surface area contributed by atoms with Crippen molar-refractivity contribution in [3.63, 3.8) is 0 Å². The van der Waals surface area contributed by atoms with Gasteiger partial charge in [-0.2, -0.15) is 15.0 Å². The van der Waals surface area contributed by atoms with Gasteiger partial charge in [-0.25, -0.2) is 9.37 Å². The Morgan fingerprint density at radius 2 is 1.30 bits per heavy atom. The smallest absolute Gasteiger partial charge is 0.230 e. The number of halogens is 2. The third-order valence-electron chi connectivity index (χ3n) is 9.41. The molecule has 0 amide bonds. The van der Waals surface area contributed by atoms with Crippen LogP contribution in [0, 0.1) is 5.82 Å². The minimum absolute atomic E-state index is 0.267. The second-order valence-corrected chi connectivity index (χ2v) is 13.1. The molecule has 0 atom stereocenters. The first-order chi connectivity index (χ1) is 26.6. The van der Waals surface area contributed by atoms with Gasteiger partial charge in [-0.1, -0.05) is 55.8 Å². The van der Waals surface area contributed by atoms with E-state index in [0.29, 0.717) is 62.5 Å². The molecule has 0 spiro atoms. The Morgan fingerprint density at radius 3 is 1.94 bits per heavy atom.